The Hall–Kier alpha value is -2.83. The van der Waals surface area contributed by atoms with Gasteiger partial charge in [-0.3, -0.25) is 14.4 Å². The van der Waals surface area contributed by atoms with Crippen LogP contribution in [0.1, 0.15) is 17.3 Å². The normalized spacial score (nSPS) is 10.7. The third kappa shape index (κ3) is 3.97. The van der Waals surface area contributed by atoms with Gasteiger partial charge in [0.25, 0.3) is 5.91 Å². The fourth-order valence-electron chi connectivity index (χ4n) is 2.72. The summed E-state index contributed by atoms with van der Waals surface area (Å²) in [6.07, 6.45) is 1.46. The number of rotatable bonds is 3. The Morgan fingerprint density at radius 3 is 2.48 bits per heavy atom. The van der Waals surface area contributed by atoms with Crippen LogP contribution in [0.25, 0.3) is 10.9 Å². The highest BCUT2D eigenvalue weighted by Gasteiger charge is 2.16. The highest BCUT2D eigenvalue weighted by Crippen LogP contribution is 2.26. The number of fused-ring (bicyclic) bond motifs is 1. The second-order valence-electron chi connectivity index (χ2n) is 5.97. The van der Waals surface area contributed by atoms with Gasteiger partial charge in [-0.05, 0) is 36.4 Å². The van der Waals surface area contributed by atoms with Crippen LogP contribution >= 0.6 is 23.2 Å². The van der Waals surface area contributed by atoms with Crippen LogP contribution in [0, 0.1) is 0 Å². The lowest BCUT2D eigenvalue weighted by Crippen LogP contribution is -2.23. The molecule has 1 aromatic heterocycles. The fraction of sp³-hybridized carbons (Fsp3) is 0.105. The number of carbonyl (C=O) groups excluding carboxylic acids is 2. The first-order valence-electron chi connectivity index (χ1n) is 7.93. The number of amides is 2. The summed E-state index contributed by atoms with van der Waals surface area (Å²) in [7, 11) is 1.73. The number of aryl methyl sites for hydroxylation is 1. The van der Waals surface area contributed by atoms with Gasteiger partial charge < -0.3 is 15.2 Å². The lowest BCUT2D eigenvalue weighted by atomic mass is 10.1. The van der Waals surface area contributed by atoms with Gasteiger partial charge in [0.05, 0.1) is 16.2 Å². The molecule has 6 nitrogen and oxygen atoms in total. The van der Waals surface area contributed by atoms with Crippen LogP contribution in [0.3, 0.4) is 0 Å². The molecule has 1 heterocycles. The highest BCUT2D eigenvalue weighted by atomic mass is 35.5. The summed E-state index contributed by atoms with van der Waals surface area (Å²) in [6, 6.07) is 9.59. The monoisotopic (exact) mass is 403 g/mol. The zero-order chi connectivity index (χ0) is 19.7. The molecule has 3 rings (SSSR count). The number of anilines is 2. The van der Waals surface area contributed by atoms with Crippen molar-refractivity contribution in [1.82, 2.24) is 4.57 Å². The summed E-state index contributed by atoms with van der Waals surface area (Å²) in [5.74, 6) is -0.866. The van der Waals surface area contributed by atoms with E-state index in [1.54, 1.807) is 35.9 Å². The van der Waals surface area contributed by atoms with Crippen LogP contribution in [-0.4, -0.2) is 16.4 Å². The van der Waals surface area contributed by atoms with E-state index in [2.05, 4.69) is 10.6 Å². The van der Waals surface area contributed by atoms with E-state index in [0.717, 1.165) is 0 Å². The molecule has 3 aromatic rings. The van der Waals surface area contributed by atoms with E-state index < -0.39 is 11.3 Å². The predicted molar refractivity (Wildman–Crippen MR) is 108 cm³/mol. The Bertz CT molecular complexity index is 1140. The van der Waals surface area contributed by atoms with Gasteiger partial charge >= 0.3 is 0 Å². The van der Waals surface area contributed by atoms with Crippen molar-refractivity contribution in [3.63, 3.8) is 0 Å². The smallest absolute Gasteiger partial charge is 0.261 e. The van der Waals surface area contributed by atoms with Crippen molar-refractivity contribution in [3.8, 4) is 0 Å². The molecule has 0 fully saturated rings. The Morgan fingerprint density at radius 1 is 1.04 bits per heavy atom. The van der Waals surface area contributed by atoms with E-state index in [1.807, 2.05) is 0 Å². The van der Waals surface area contributed by atoms with Crippen LogP contribution in [0.5, 0.6) is 0 Å². The molecule has 0 spiro atoms. The molecule has 27 heavy (non-hydrogen) atoms. The molecule has 0 unspecified atom stereocenters. The van der Waals surface area contributed by atoms with Crippen molar-refractivity contribution < 1.29 is 9.59 Å². The van der Waals surface area contributed by atoms with E-state index >= 15 is 0 Å². The maximum atomic E-state index is 12.7. The third-order valence-electron chi connectivity index (χ3n) is 3.93. The zero-order valence-corrected chi connectivity index (χ0v) is 16.0. The number of hydrogen-bond donors (Lipinski definition) is 2. The van der Waals surface area contributed by atoms with Crippen molar-refractivity contribution in [1.29, 1.82) is 0 Å². The minimum Gasteiger partial charge on any atom is -0.350 e. The van der Waals surface area contributed by atoms with Crippen molar-refractivity contribution in [2.75, 3.05) is 10.6 Å². The molecule has 0 aliphatic carbocycles. The van der Waals surface area contributed by atoms with Crippen molar-refractivity contribution in [2.24, 2.45) is 7.05 Å². The summed E-state index contributed by atoms with van der Waals surface area (Å²) >= 11 is 12.1. The predicted octanol–water partition coefficient (Wildman–Crippen LogP) is 4.06. The maximum Gasteiger partial charge on any atom is 0.261 e. The molecule has 0 bridgehead atoms. The maximum absolute atomic E-state index is 12.7. The second kappa shape index (κ2) is 7.42. The molecule has 2 aromatic carbocycles. The van der Waals surface area contributed by atoms with Gasteiger partial charge in [0, 0.05) is 36.3 Å². The fourth-order valence-corrected chi connectivity index (χ4v) is 3.05. The zero-order valence-electron chi connectivity index (χ0n) is 14.5. The standard InChI is InChI=1S/C19H15Cl2N3O3/c1-10(25)22-12-4-5-15(21)16(8-12)23-19(27)14-9-24(2)17-6-3-11(20)7-13(17)18(14)26/h3-9H,1-2H3,(H,22,25)(H,23,27). The number of pyridine rings is 1. The SMILES string of the molecule is CC(=O)Nc1ccc(Cl)c(NC(=O)c2cn(C)c3ccc(Cl)cc3c2=O)c1. The molecule has 2 amide bonds. The Labute approximate surface area is 164 Å². The van der Waals surface area contributed by atoms with Crippen molar-refractivity contribution in [2.45, 2.75) is 6.92 Å². The molecule has 138 valence electrons. The van der Waals surface area contributed by atoms with Gasteiger partial charge in [0.2, 0.25) is 11.3 Å². The van der Waals surface area contributed by atoms with E-state index in [9.17, 15) is 14.4 Å². The number of nitrogens with zero attached hydrogens (tertiary/aromatic N) is 1. The number of nitrogens with one attached hydrogen (secondary N) is 2. The van der Waals surface area contributed by atoms with Crippen LogP contribution in [0.15, 0.2) is 47.4 Å². The number of carbonyl (C=O) groups is 2. The van der Waals surface area contributed by atoms with Crippen LogP contribution in [0.2, 0.25) is 10.0 Å². The lowest BCUT2D eigenvalue weighted by Gasteiger charge is -2.12. The summed E-state index contributed by atoms with van der Waals surface area (Å²) in [6.45, 7) is 1.37. The minimum absolute atomic E-state index is 0.0479. The van der Waals surface area contributed by atoms with Crippen LogP contribution in [0.4, 0.5) is 11.4 Å². The van der Waals surface area contributed by atoms with Gasteiger partial charge in [-0.25, -0.2) is 0 Å². The van der Waals surface area contributed by atoms with Crippen LogP contribution < -0.4 is 16.1 Å². The molecule has 0 saturated heterocycles. The summed E-state index contributed by atoms with van der Waals surface area (Å²) in [4.78, 5) is 36.6. The molecule has 2 N–H and O–H groups in total. The van der Waals surface area contributed by atoms with E-state index in [-0.39, 0.29) is 22.2 Å². The Morgan fingerprint density at radius 2 is 1.78 bits per heavy atom. The first-order chi connectivity index (χ1) is 12.8. The van der Waals surface area contributed by atoms with E-state index in [4.69, 9.17) is 23.2 Å². The molecule has 0 aliphatic rings. The third-order valence-corrected chi connectivity index (χ3v) is 4.49. The van der Waals surface area contributed by atoms with Crippen molar-refractivity contribution >= 4 is 57.3 Å². The molecule has 0 saturated carbocycles. The van der Waals surface area contributed by atoms with Gasteiger partial charge in [-0.2, -0.15) is 0 Å². The summed E-state index contributed by atoms with van der Waals surface area (Å²) in [5, 5.41) is 6.25. The largest absolute Gasteiger partial charge is 0.350 e. The van der Waals surface area contributed by atoms with E-state index in [0.29, 0.717) is 21.6 Å². The quantitative estimate of drug-likeness (QED) is 0.691. The Kier molecular flexibility index (Phi) is 5.21. The van der Waals surface area contributed by atoms with Gasteiger partial charge in [0.1, 0.15) is 5.56 Å². The molecule has 0 aliphatic heterocycles. The van der Waals surface area contributed by atoms with Crippen LogP contribution in [-0.2, 0) is 11.8 Å². The molecule has 8 heteroatoms. The summed E-state index contributed by atoms with van der Waals surface area (Å²) in [5.41, 5.74) is 0.929. The average Bonchev–Trinajstić information content (AvgIpc) is 2.60. The first-order valence-corrected chi connectivity index (χ1v) is 8.69. The number of hydrogen-bond acceptors (Lipinski definition) is 3. The van der Waals surface area contributed by atoms with Crippen molar-refractivity contribution in [3.05, 3.63) is 68.4 Å². The topological polar surface area (TPSA) is 80.2 Å². The molecular weight excluding hydrogens is 389 g/mol. The molecular formula is C19H15Cl2N3O3. The second-order valence-corrected chi connectivity index (χ2v) is 6.82. The van der Waals surface area contributed by atoms with Gasteiger partial charge in [0.15, 0.2) is 0 Å². The summed E-state index contributed by atoms with van der Waals surface area (Å²) < 4.78 is 1.68. The van der Waals surface area contributed by atoms with Gasteiger partial charge in [-0.15, -0.1) is 0 Å². The van der Waals surface area contributed by atoms with Gasteiger partial charge in [-0.1, -0.05) is 23.2 Å². The highest BCUT2D eigenvalue weighted by molar-refractivity contribution is 6.34. The number of aromatic nitrogens is 1. The number of benzene rings is 2. The first kappa shape index (κ1) is 18.9. The number of halogens is 2. The lowest BCUT2D eigenvalue weighted by molar-refractivity contribution is -0.114. The average molecular weight is 404 g/mol. The molecule has 0 radical (unpaired) electrons. The molecule has 0 atom stereocenters. The minimum atomic E-state index is -0.612. The van der Waals surface area contributed by atoms with E-state index in [1.165, 1.54) is 25.3 Å². The Balaban J connectivity index is 2.01.